The van der Waals surface area contributed by atoms with Gasteiger partial charge in [0.25, 0.3) is 0 Å². The lowest BCUT2D eigenvalue weighted by Crippen LogP contribution is -2.38. The maximum atomic E-state index is 10.4. The Balaban J connectivity index is 1.75. The number of anilines is 1. The predicted molar refractivity (Wildman–Crippen MR) is 91.4 cm³/mol. The zero-order valence-corrected chi connectivity index (χ0v) is 13.9. The van der Waals surface area contributed by atoms with Crippen LogP contribution in [-0.2, 0) is 4.74 Å². The normalized spacial score (nSPS) is 27.1. The van der Waals surface area contributed by atoms with Crippen molar-refractivity contribution in [1.82, 2.24) is 24.4 Å². The van der Waals surface area contributed by atoms with Crippen LogP contribution in [0.15, 0.2) is 24.8 Å². The van der Waals surface area contributed by atoms with Gasteiger partial charge in [-0.1, -0.05) is 12.2 Å². The van der Waals surface area contributed by atoms with E-state index in [1.165, 1.54) is 12.7 Å². The average Bonchev–Trinajstić information content (AvgIpc) is 3.13. The number of aromatic nitrogens is 4. The van der Waals surface area contributed by atoms with E-state index in [1.807, 2.05) is 24.1 Å². The van der Waals surface area contributed by atoms with Crippen LogP contribution < -0.4 is 11.5 Å². The quantitative estimate of drug-likeness (QED) is 0.456. The molecule has 25 heavy (non-hydrogen) atoms. The van der Waals surface area contributed by atoms with Crippen molar-refractivity contribution < 1.29 is 14.9 Å². The lowest BCUT2D eigenvalue weighted by atomic mass is 10.1. The van der Waals surface area contributed by atoms with E-state index in [1.54, 1.807) is 4.57 Å². The Bertz CT molecular complexity index is 750. The van der Waals surface area contributed by atoms with Crippen molar-refractivity contribution in [2.24, 2.45) is 5.73 Å². The number of aliphatic hydroxyl groups excluding tert-OH is 2. The molecule has 0 saturated carbocycles. The van der Waals surface area contributed by atoms with Gasteiger partial charge in [-0.05, 0) is 7.05 Å². The predicted octanol–water partition coefficient (Wildman–Crippen LogP) is -1.53. The summed E-state index contributed by atoms with van der Waals surface area (Å²) in [5.74, 6) is 0.250. The number of nitrogen functional groups attached to an aromatic ring is 1. The fraction of sp³-hybridized carbons (Fsp3) is 0.533. The van der Waals surface area contributed by atoms with E-state index in [9.17, 15) is 10.2 Å². The van der Waals surface area contributed by atoms with Gasteiger partial charge in [0.2, 0.25) is 0 Å². The standard InChI is InChI=1S/C15H23N7O3/c1-21(5-3-2-4-16)6-9-11(23)12(24)15(25-9)22-8-20-10-13(17)18-7-19-14(10)22/h2-3,7-9,11-12,15,23-24H,4-6,16H2,1H3,(H2,17,18,19)/b3-2-/t9?,11-,12?,15?/m1/s1. The molecule has 1 aliphatic rings. The molecule has 1 saturated heterocycles. The van der Waals surface area contributed by atoms with E-state index in [4.69, 9.17) is 16.2 Å². The second-order valence-electron chi connectivity index (χ2n) is 6.06. The molecule has 2 aromatic rings. The molecule has 0 radical (unpaired) electrons. The SMILES string of the molecule is CN(C/C=C\CN)CC1OC(n2cnc3c(N)ncnc32)C(O)[C@@H]1O. The van der Waals surface area contributed by atoms with Crippen LogP contribution in [0.3, 0.4) is 0 Å². The first-order valence-corrected chi connectivity index (χ1v) is 8.01. The second-order valence-corrected chi connectivity index (χ2v) is 6.06. The molecule has 0 spiro atoms. The van der Waals surface area contributed by atoms with Gasteiger partial charge in [-0.3, -0.25) is 4.57 Å². The van der Waals surface area contributed by atoms with Crippen molar-refractivity contribution in [3.63, 3.8) is 0 Å². The third-order valence-electron chi connectivity index (χ3n) is 4.21. The first-order valence-electron chi connectivity index (χ1n) is 8.01. The third kappa shape index (κ3) is 3.48. The van der Waals surface area contributed by atoms with Crippen LogP contribution in [0.4, 0.5) is 5.82 Å². The Morgan fingerprint density at radius 2 is 2.08 bits per heavy atom. The Morgan fingerprint density at radius 1 is 1.28 bits per heavy atom. The van der Waals surface area contributed by atoms with Crippen LogP contribution in [0.5, 0.6) is 0 Å². The van der Waals surface area contributed by atoms with E-state index < -0.39 is 24.5 Å². The summed E-state index contributed by atoms with van der Waals surface area (Å²) >= 11 is 0. The van der Waals surface area contributed by atoms with Gasteiger partial charge in [-0.25, -0.2) is 15.0 Å². The molecule has 3 rings (SSSR count). The van der Waals surface area contributed by atoms with E-state index in [0.717, 1.165) is 0 Å². The molecular weight excluding hydrogens is 326 g/mol. The molecule has 10 nitrogen and oxygen atoms in total. The highest BCUT2D eigenvalue weighted by atomic mass is 16.6. The van der Waals surface area contributed by atoms with Crippen molar-refractivity contribution >= 4 is 17.0 Å². The maximum Gasteiger partial charge on any atom is 0.167 e. The maximum absolute atomic E-state index is 10.4. The second kappa shape index (κ2) is 7.42. The molecule has 3 unspecified atom stereocenters. The zero-order chi connectivity index (χ0) is 18.0. The van der Waals surface area contributed by atoms with E-state index in [2.05, 4.69) is 15.0 Å². The molecule has 1 aliphatic heterocycles. The van der Waals surface area contributed by atoms with Crippen LogP contribution >= 0.6 is 0 Å². The number of nitrogens with zero attached hydrogens (tertiary/aromatic N) is 5. The molecule has 0 bridgehead atoms. The summed E-state index contributed by atoms with van der Waals surface area (Å²) in [6.07, 6.45) is 3.13. The molecule has 10 heteroatoms. The molecule has 0 aromatic carbocycles. The van der Waals surface area contributed by atoms with Crippen molar-refractivity contribution in [3.8, 4) is 0 Å². The molecule has 6 N–H and O–H groups in total. The monoisotopic (exact) mass is 349 g/mol. The number of ether oxygens (including phenoxy) is 1. The highest BCUT2D eigenvalue weighted by Gasteiger charge is 2.44. The molecule has 2 aromatic heterocycles. The Labute approximate surface area is 144 Å². The minimum absolute atomic E-state index is 0.250. The number of hydrogen-bond acceptors (Lipinski definition) is 9. The van der Waals surface area contributed by atoms with Gasteiger partial charge in [0, 0.05) is 19.6 Å². The molecule has 0 amide bonds. The summed E-state index contributed by atoms with van der Waals surface area (Å²) in [5, 5.41) is 20.8. The van der Waals surface area contributed by atoms with Gasteiger partial charge in [0.1, 0.15) is 30.2 Å². The third-order valence-corrected chi connectivity index (χ3v) is 4.21. The number of hydrogen-bond donors (Lipinski definition) is 4. The summed E-state index contributed by atoms with van der Waals surface area (Å²) < 4.78 is 7.45. The number of aliphatic hydroxyl groups is 2. The highest BCUT2D eigenvalue weighted by molar-refractivity contribution is 5.81. The smallest absolute Gasteiger partial charge is 0.167 e. The first-order chi connectivity index (χ1) is 12.0. The van der Waals surface area contributed by atoms with Crippen LogP contribution in [0.1, 0.15) is 6.23 Å². The van der Waals surface area contributed by atoms with E-state index in [-0.39, 0.29) is 5.82 Å². The number of imidazole rings is 1. The average molecular weight is 349 g/mol. The van der Waals surface area contributed by atoms with E-state index >= 15 is 0 Å². The van der Waals surface area contributed by atoms with Gasteiger partial charge in [0.15, 0.2) is 17.7 Å². The molecule has 1 fully saturated rings. The van der Waals surface area contributed by atoms with Crippen molar-refractivity contribution in [1.29, 1.82) is 0 Å². The number of likely N-dealkylation sites (N-methyl/N-ethyl adjacent to an activating group) is 1. The lowest BCUT2D eigenvalue weighted by Gasteiger charge is -2.21. The molecule has 3 heterocycles. The minimum Gasteiger partial charge on any atom is -0.387 e. The number of rotatable bonds is 6. The van der Waals surface area contributed by atoms with Gasteiger partial charge < -0.3 is 31.3 Å². The van der Waals surface area contributed by atoms with Crippen LogP contribution in [0, 0.1) is 0 Å². The number of fused-ring (bicyclic) bond motifs is 1. The molecule has 4 atom stereocenters. The van der Waals surface area contributed by atoms with Gasteiger partial charge in [-0.2, -0.15) is 0 Å². The van der Waals surface area contributed by atoms with Crippen LogP contribution in [0.25, 0.3) is 11.2 Å². The largest absolute Gasteiger partial charge is 0.387 e. The molecule has 136 valence electrons. The summed E-state index contributed by atoms with van der Waals surface area (Å²) in [5.41, 5.74) is 12.1. The topological polar surface area (TPSA) is 149 Å². The van der Waals surface area contributed by atoms with E-state index in [0.29, 0.717) is 30.8 Å². The fourth-order valence-corrected chi connectivity index (χ4v) is 2.90. The Kier molecular flexibility index (Phi) is 5.25. The highest BCUT2D eigenvalue weighted by Crippen LogP contribution is 2.32. The fourth-order valence-electron chi connectivity index (χ4n) is 2.90. The van der Waals surface area contributed by atoms with Gasteiger partial charge in [-0.15, -0.1) is 0 Å². The summed E-state index contributed by atoms with van der Waals surface area (Å²) in [7, 11) is 1.90. The summed E-state index contributed by atoms with van der Waals surface area (Å²) in [6.45, 7) is 1.60. The summed E-state index contributed by atoms with van der Waals surface area (Å²) in [4.78, 5) is 14.2. The van der Waals surface area contributed by atoms with Crippen molar-refractivity contribution in [3.05, 3.63) is 24.8 Å². The van der Waals surface area contributed by atoms with Gasteiger partial charge >= 0.3 is 0 Å². The Morgan fingerprint density at radius 3 is 2.84 bits per heavy atom. The van der Waals surface area contributed by atoms with Crippen molar-refractivity contribution in [2.45, 2.75) is 24.5 Å². The van der Waals surface area contributed by atoms with Crippen LogP contribution in [-0.4, -0.2) is 79.6 Å². The summed E-state index contributed by atoms with van der Waals surface area (Å²) in [6, 6.07) is 0. The first kappa shape index (κ1) is 17.7. The Hall–Kier alpha value is -2.11. The zero-order valence-electron chi connectivity index (χ0n) is 13.9. The number of nitrogens with two attached hydrogens (primary N) is 2. The molecule has 0 aliphatic carbocycles. The van der Waals surface area contributed by atoms with Crippen molar-refractivity contribution in [2.75, 3.05) is 32.4 Å². The minimum atomic E-state index is -1.11. The molecular formula is C15H23N7O3. The lowest BCUT2D eigenvalue weighted by molar-refractivity contribution is -0.0414. The van der Waals surface area contributed by atoms with Crippen LogP contribution in [0.2, 0.25) is 0 Å². The van der Waals surface area contributed by atoms with Gasteiger partial charge in [0.05, 0.1) is 6.33 Å².